The lowest BCUT2D eigenvalue weighted by Gasteiger charge is -2.21. The molecule has 0 saturated carbocycles. The summed E-state index contributed by atoms with van der Waals surface area (Å²) < 4.78 is 4.99. The second kappa shape index (κ2) is 7.55. The minimum Gasteiger partial charge on any atom is -0.385 e. The standard InChI is InChI=1S/C19H18N2O3S/c1-24-11-5-10-20-19(25)21-15-9-4-8-14-16(15)18(23)13-7-3-2-6-12(13)17(14)22/h2-4,6-9H,5,10-11H2,1H3,(H2,20,21,25). The summed E-state index contributed by atoms with van der Waals surface area (Å²) in [5.41, 5.74) is 2.17. The highest BCUT2D eigenvalue weighted by Gasteiger charge is 2.31. The molecule has 0 aromatic heterocycles. The van der Waals surface area contributed by atoms with Crippen LogP contribution in [0.5, 0.6) is 0 Å². The molecular weight excluding hydrogens is 336 g/mol. The maximum Gasteiger partial charge on any atom is 0.196 e. The van der Waals surface area contributed by atoms with Gasteiger partial charge in [-0.2, -0.15) is 0 Å². The van der Waals surface area contributed by atoms with Crippen molar-refractivity contribution in [1.82, 2.24) is 5.32 Å². The van der Waals surface area contributed by atoms with E-state index in [9.17, 15) is 9.59 Å². The predicted octanol–water partition coefficient (Wildman–Crippen LogP) is 2.78. The summed E-state index contributed by atoms with van der Waals surface area (Å²) in [5, 5.41) is 6.50. The zero-order chi connectivity index (χ0) is 17.8. The lowest BCUT2D eigenvalue weighted by molar-refractivity contribution is 0.0979. The van der Waals surface area contributed by atoms with Gasteiger partial charge in [0.1, 0.15) is 0 Å². The molecule has 0 aliphatic heterocycles. The van der Waals surface area contributed by atoms with E-state index in [1.807, 2.05) is 0 Å². The lowest BCUT2D eigenvalue weighted by Crippen LogP contribution is -2.31. The highest BCUT2D eigenvalue weighted by molar-refractivity contribution is 7.80. The van der Waals surface area contributed by atoms with Gasteiger partial charge in [0.25, 0.3) is 0 Å². The molecule has 0 fully saturated rings. The van der Waals surface area contributed by atoms with E-state index in [0.29, 0.717) is 46.2 Å². The summed E-state index contributed by atoms with van der Waals surface area (Å²) in [5.74, 6) is -0.316. The minimum absolute atomic E-state index is 0.146. The zero-order valence-corrected chi connectivity index (χ0v) is 14.6. The molecule has 2 aromatic carbocycles. The number of benzene rings is 2. The summed E-state index contributed by atoms with van der Waals surface area (Å²) in [7, 11) is 1.65. The van der Waals surface area contributed by atoms with Crippen LogP contribution in [0.3, 0.4) is 0 Å². The predicted molar refractivity (Wildman–Crippen MR) is 100 cm³/mol. The fourth-order valence-corrected chi connectivity index (χ4v) is 3.05. The molecule has 6 heteroatoms. The van der Waals surface area contributed by atoms with E-state index >= 15 is 0 Å². The van der Waals surface area contributed by atoms with Crippen molar-refractivity contribution in [3.05, 3.63) is 64.7 Å². The molecule has 128 valence electrons. The van der Waals surface area contributed by atoms with Crippen molar-refractivity contribution in [2.75, 3.05) is 25.6 Å². The van der Waals surface area contributed by atoms with E-state index in [1.165, 1.54) is 0 Å². The van der Waals surface area contributed by atoms with Gasteiger partial charge in [0.05, 0.1) is 11.3 Å². The summed E-state index contributed by atoms with van der Waals surface area (Å²) >= 11 is 5.28. The number of anilines is 1. The van der Waals surface area contributed by atoms with Gasteiger partial charge in [0, 0.05) is 37.0 Å². The van der Waals surface area contributed by atoms with Crippen molar-refractivity contribution in [3.63, 3.8) is 0 Å². The average Bonchev–Trinajstić information content (AvgIpc) is 2.63. The van der Waals surface area contributed by atoms with E-state index in [0.717, 1.165) is 6.42 Å². The minimum atomic E-state index is -0.171. The lowest BCUT2D eigenvalue weighted by atomic mass is 9.83. The molecule has 0 radical (unpaired) electrons. The van der Waals surface area contributed by atoms with Crippen LogP contribution in [0.4, 0.5) is 5.69 Å². The van der Waals surface area contributed by atoms with Crippen molar-refractivity contribution in [2.24, 2.45) is 0 Å². The van der Waals surface area contributed by atoms with Gasteiger partial charge in [-0.15, -0.1) is 0 Å². The summed E-state index contributed by atoms with van der Waals surface area (Å²) in [6, 6.07) is 12.0. The SMILES string of the molecule is COCCCNC(=S)Nc1cccc2c1C(=O)c1ccccc1C2=O. The molecule has 1 aliphatic carbocycles. The Morgan fingerprint density at radius 1 is 1.00 bits per heavy atom. The third-order valence-electron chi connectivity index (χ3n) is 4.01. The van der Waals surface area contributed by atoms with Gasteiger partial charge >= 0.3 is 0 Å². The maximum atomic E-state index is 12.9. The van der Waals surface area contributed by atoms with Gasteiger partial charge in [0.2, 0.25) is 0 Å². The van der Waals surface area contributed by atoms with Crippen LogP contribution < -0.4 is 10.6 Å². The topological polar surface area (TPSA) is 67.4 Å². The number of ether oxygens (including phenoxy) is 1. The largest absolute Gasteiger partial charge is 0.385 e. The van der Waals surface area contributed by atoms with Gasteiger partial charge in [-0.25, -0.2) is 0 Å². The Labute approximate surface area is 151 Å². The highest BCUT2D eigenvalue weighted by Crippen LogP contribution is 2.31. The molecule has 0 spiro atoms. The monoisotopic (exact) mass is 354 g/mol. The van der Waals surface area contributed by atoms with Crippen LogP contribution >= 0.6 is 12.2 Å². The van der Waals surface area contributed by atoms with E-state index in [-0.39, 0.29) is 11.6 Å². The van der Waals surface area contributed by atoms with Gasteiger partial charge in [-0.1, -0.05) is 36.4 Å². The van der Waals surface area contributed by atoms with Crippen LogP contribution in [0.25, 0.3) is 0 Å². The van der Waals surface area contributed by atoms with E-state index < -0.39 is 0 Å². The Morgan fingerprint density at radius 2 is 1.68 bits per heavy atom. The smallest absolute Gasteiger partial charge is 0.196 e. The van der Waals surface area contributed by atoms with Gasteiger partial charge in [0.15, 0.2) is 16.7 Å². The molecule has 25 heavy (non-hydrogen) atoms. The number of thiocarbonyl (C=S) groups is 1. The van der Waals surface area contributed by atoms with Crippen molar-refractivity contribution in [3.8, 4) is 0 Å². The van der Waals surface area contributed by atoms with E-state index in [1.54, 1.807) is 49.6 Å². The Balaban J connectivity index is 1.86. The molecule has 0 heterocycles. The van der Waals surface area contributed by atoms with Crippen LogP contribution in [-0.2, 0) is 4.74 Å². The first-order valence-electron chi connectivity index (χ1n) is 7.98. The van der Waals surface area contributed by atoms with Crippen LogP contribution in [-0.4, -0.2) is 36.9 Å². The number of ketones is 2. The Morgan fingerprint density at radius 3 is 2.40 bits per heavy atom. The van der Waals surface area contributed by atoms with E-state index in [2.05, 4.69) is 10.6 Å². The Hall–Kier alpha value is -2.57. The highest BCUT2D eigenvalue weighted by atomic mass is 32.1. The maximum absolute atomic E-state index is 12.9. The van der Waals surface area contributed by atoms with Crippen molar-refractivity contribution in [2.45, 2.75) is 6.42 Å². The molecule has 2 aromatic rings. The number of fused-ring (bicyclic) bond motifs is 2. The van der Waals surface area contributed by atoms with Crippen LogP contribution in [0, 0.1) is 0 Å². The van der Waals surface area contributed by atoms with Crippen molar-refractivity contribution >= 4 is 34.6 Å². The Kier molecular flexibility index (Phi) is 5.21. The second-order valence-corrected chi connectivity index (χ2v) is 6.07. The van der Waals surface area contributed by atoms with Gasteiger partial charge in [-0.3, -0.25) is 9.59 Å². The number of carbonyl (C=O) groups excluding carboxylic acids is 2. The summed E-state index contributed by atoms with van der Waals surface area (Å²) in [6.07, 6.45) is 0.815. The van der Waals surface area contributed by atoms with Gasteiger partial charge < -0.3 is 15.4 Å². The molecule has 0 unspecified atom stereocenters. The first kappa shape index (κ1) is 17.3. The zero-order valence-electron chi connectivity index (χ0n) is 13.8. The summed E-state index contributed by atoms with van der Waals surface area (Å²) in [6.45, 7) is 1.30. The first-order valence-corrected chi connectivity index (χ1v) is 8.39. The fraction of sp³-hybridized carbons (Fsp3) is 0.211. The third-order valence-corrected chi connectivity index (χ3v) is 4.26. The summed E-state index contributed by atoms with van der Waals surface area (Å²) in [4.78, 5) is 25.6. The van der Waals surface area contributed by atoms with Crippen LogP contribution in [0.2, 0.25) is 0 Å². The van der Waals surface area contributed by atoms with Crippen LogP contribution in [0.15, 0.2) is 42.5 Å². The number of hydrogen-bond acceptors (Lipinski definition) is 4. The molecule has 0 atom stereocenters. The number of rotatable bonds is 5. The van der Waals surface area contributed by atoms with Gasteiger partial charge in [-0.05, 0) is 24.7 Å². The number of carbonyl (C=O) groups is 2. The first-order chi connectivity index (χ1) is 12.1. The molecule has 2 N–H and O–H groups in total. The molecule has 1 aliphatic rings. The molecule has 0 bridgehead atoms. The molecule has 3 rings (SSSR count). The van der Waals surface area contributed by atoms with Crippen molar-refractivity contribution < 1.29 is 14.3 Å². The number of hydrogen-bond donors (Lipinski definition) is 2. The average molecular weight is 354 g/mol. The molecule has 0 saturated heterocycles. The molecular formula is C19H18N2O3S. The second-order valence-electron chi connectivity index (χ2n) is 5.66. The van der Waals surface area contributed by atoms with E-state index in [4.69, 9.17) is 17.0 Å². The number of nitrogens with one attached hydrogen (secondary N) is 2. The van der Waals surface area contributed by atoms with Crippen molar-refractivity contribution in [1.29, 1.82) is 0 Å². The number of methoxy groups -OCH3 is 1. The molecule has 5 nitrogen and oxygen atoms in total. The third kappa shape index (κ3) is 3.45. The Bertz CT molecular complexity index is 848. The quantitative estimate of drug-likeness (QED) is 0.542. The molecule has 0 amide bonds. The van der Waals surface area contributed by atoms with Crippen LogP contribution in [0.1, 0.15) is 38.3 Å². The fourth-order valence-electron chi connectivity index (χ4n) is 2.83. The normalized spacial score (nSPS) is 12.4.